The number of nitrogens with one attached hydrogen (secondary N) is 1. The molecule has 2 rings (SSSR count). The zero-order valence-corrected chi connectivity index (χ0v) is 10.5. The molecule has 98 valence electrons. The van der Waals surface area contributed by atoms with Crippen LogP contribution in [0.25, 0.3) is 0 Å². The van der Waals surface area contributed by atoms with E-state index in [1.807, 2.05) is 32.0 Å². The molecular weight excluding hydrogens is 234 g/mol. The number of rotatable bonds is 5. The molecule has 1 aromatic carbocycles. The fraction of sp³-hybridized carbons (Fsp3) is 0.462. The third-order valence-corrected chi connectivity index (χ3v) is 2.92. The van der Waals surface area contributed by atoms with Crippen LogP contribution in [0.1, 0.15) is 19.4 Å². The molecule has 0 saturated heterocycles. The number of carbonyl (C=O) groups is 1. The zero-order valence-electron chi connectivity index (χ0n) is 10.5. The van der Waals surface area contributed by atoms with Crippen LogP contribution in [0.15, 0.2) is 18.2 Å². The summed E-state index contributed by atoms with van der Waals surface area (Å²) in [7, 11) is 0. The predicted octanol–water partition coefficient (Wildman–Crippen LogP) is 1.61. The van der Waals surface area contributed by atoms with Crippen molar-refractivity contribution in [2.24, 2.45) is 5.92 Å². The number of carboxylic acid groups (broad SMARTS) is 1. The summed E-state index contributed by atoms with van der Waals surface area (Å²) in [5.74, 6) is 0.606. The molecule has 2 N–H and O–H groups in total. The molecule has 0 bridgehead atoms. The average Bonchev–Trinajstić information content (AvgIpc) is 2.77. The number of ether oxygens (including phenoxy) is 2. The lowest BCUT2D eigenvalue weighted by atomic mass is 10.0. The number of fused-ring (bicyclic) bond motifs is 1. The maximum atomic E-state index is 11.1. The van der Waals surface area contributed by atoms with Gasteiger partial charge in [-0.3, -0.25) is 10.1 Å². The highest BCUT2D eigenvalue weighted by atomic mass is 16.7. The van der Waals surface area contributed by atoms with E-state index in [4.69, 9.17) is 14.6 Å². The maximum absolute atomic E-state index is 11.1. The Labute approximate surface area is 106 Å². The first kappa shape index (κ1) is 12.7. The van der Waals surface area contributed by atoms with Crippen LogP contribution in [0, 0.1) is 5.92 Å². The Morgan fingerprint density at radius 3 is 2.89 bits per heavy atom. The number of aliphatic carboxylic acids is 1. The van der Waals surface area contributed by atoms with Crippen molar-refractivity contribution >= 4 is 5.97 Å². The van der Waals surface area contributed by atoms with Gasteiger partial charge in [0.2, 0.25) is 6.79 Å². The van der Waals surface area contributed by atoms with Crippen LogP contribution in [0.2, 0.25) is 0 Å². The lowest BCUT2D eigenvalue weighted by Gasteiger charge is -2.18. The molecule has 5 nitrogen and oxygen atoms in total. The van der Waals surface area contributed by atoms with Gasteiger partial charge in [0.15, 0.2) is 11.5 Å². The third kappa shape index (κ3) is 2.56. The highest BCUT2D eigenvalue weighted by Crippen LogP contribution is 2.35. The van der Waals surface area contributed by atoms with Gasteiger partial charge in [0.05, 0.1) is 0 Å². The van der Waals surface area contributed by atoms with Crippen LogP contribution in [0.3, 0.4) is 0 Å². The zero-order chi connectivity index (χ0) is 13.1. The number of hydrogen-bond donors (Lipinski definition) is 2. The van der Waals surface area contributed by atoms with Crippen LogP contribution < -0.4 is 14.8 Å². The van der Waals surface area contributed by atoms with Crippen LogP contribution in [-0.2, 0) is 11.3 Å². The summed E-state index contributed by atoms with van der Waals surface area (Å²) in [6.45, 7) is 4.42. The minimum atomic E-state index is -0.838. The van der Waals surface area contributed by atoms with Crippen molar-refractivity contribution in [1.82, 2.24) is 5.32 Å². The predicted molar refractivity (Wildman–Crippen MR) is 65.7 cm³/mol. The first-order valence-electron chi connectivity index (χ1n) is 5.93. The van der Waals surface area contributed by atoms with E-state index in [9.17, 15) is 4.79 Å². The van der Waals surface area contributed by atoms with Gasteiger partial charge < -0.3 is 14.6 Å². The molecule has 1 atom stereocenters. The van der Waals surface area contributed by atoms with E-state index in [1.165, 1.54) is 0 Å². The van der Waals surface area contributed by atoms with Crippen LogP contribution in [0.4, 0.5) is 0 Å². The largest absolute Gasteiger partial charge is 0.480 e. The van der Waals surface area contributed by atoms with Crippen molar-refractivity contribution in [2.75, 3.05) is 6.79 Å². The molecule has 5 heteroatoms. The summed E-state index contributed by atoms with van der Waals surface area (Å²) >= 11 is 0. The number of benzene rings is 1. The smallest absolute Gasteiger partial charge is 0.320 e. The van der Waals surface area contributed by atoms with E-state index in [2.05, 4.69) is 5.32 Å². The number of hydrogen-bond acceptors (Lipinski definition) is 4. The molecule has 0 spiro atoms. The summed E-state index contributed by atoms with van der Waals surface area (Å²) < 4.78 is 10.6. The van der Waals surface area contributed by atoms with Crippen molar-refractivity contribution in [3.8, 4) is 11.5 Å². The van der Waals surface area contributed by atoms with E-state index in [0.29, 0.717) is 18.0 Å². The Morgan fingerprint density at radius 1 is 1.44 bits per heavy atom. The minimum Gasteiger partial charge on any atom is -0.480 e. The van der Waals surface area contributed by atoms with Gasteiger partial charge in [-0.05, 0) is 12.0 Å². The van der Waals surface area contributed by atoms with Crippen molar-refractivity contribution in [3.05, 3.63) is 23.8 Å². The van der Waals surface area contributed by atoms with Gasteiger partial charge in [-0.15, -0.1) is 0 Å². The van der Waals surface area contributed by atoms with Gasteiger partial charge >= 0.3 is 5.97 Å². The van der Waals surface area contributed by atoms with E-state index in [-0.39, 0.29) is 12.7 Å². The van der Waals surface area contributed by atoms with E-state index in [0.717, 1.165) is 5.56 Å². The molecule has 0 radical (unpaired) electrons. The third-order valence-electron chi connectivity index (χ3n) is 2.92. The lowest BCUT2D eigenvalue weighted by Crippen LogP contribution is -2.40. The van der Waals surface area contributed by atoms with Crippen molar-refractivity contribution in [1.29, 1.82) is 0 Å². The minimum absolute atomic E-state index is 0.0245. The Balaban J connectivity index is 2.06. The van der Waals surface area contributed by atoms with E-state index in [1.54, 1.807) is 0 Å². The van der Waals surface area contributed by atoms with Crippen molar-refractivity contribution in [2.45, 2.75) is 26.4 Å². The van der Waals surface area contributed by atoms with Crippen molar-refractivity contribution in [3.63, 3.8) is 0 Å². The molecule has 1 aromatic rings. The van der Waals surface area contributed by atoms with Crippen LogP contribution in [-0.4, -0.2) is 23.9 Å². The second-order valence-corrected chi connectivity index (χ2v) is 4.59. The Morgan fingerprint density at radius 2 is 2.22 bits per heavy atom. The van der Waals surface area contributed by atoms with Gasteiger partial charge in [-0.25, -0.2) is 0 Å². The lowest BCUT2D eigenvalue weighted by molar-refractivity contribution is -0.140. The number of carboxylic acids is 1. The first-order chi connectivity index (χ1) is 8.59. The Kier molecular flexibility index (Phi) is 3.72. The standard InChI is InChI=1S/C13H17NO4/c1-8(2)11(13(15)16)14-6-9-4-3-5-10-12(9)18-7-17-10/h3-5,8,11,14H,6-7H2,1-2H3,(H,15,16). The number of para-hydroxylation sites is 1. The van der Waals surface area contributed by atoms with Gasteiger partial charge in [0, 0.05) is 12.1 Å². The normalized spacial score (nSPS) is 14.8. The highest BCUT2D eigenvalue weighted by Gasteiger charge is 2.22. The Bertz CT molecular complexity index is 445. The fourth-order valence-electron chi connectivity index (χ4n) is 1.96. The van der Waals surface area contributed by atoms with E-state index < -0.39 is 12.0 Å². The molecule has 0 aliphatic carbocycles. The molecule has 1 heterocycles. The molecule has 0 amide bonds. The maximum Gasteiger partial charge on any atom is 0.320 e. The second kappa shape index (κ2) is 5.27. The molecule has 1 unspecified atom stereocenters. The summed E-state index contributed by atoms with van der Waals surface area (Å²) in [5.41, 5.74) is 0.914. The van der Waals surface area contributed by atoms with Crippen LogP contribution >= 0.6 is 0 Å². The molecule has 0 aromatic heterocycles. The Hall–Kier alpha value is -1.75. The van der Waals surface area contributed by atoms with Gasteiger partial charge in [-0.1, -0.05) is 26.0 Å². The molecule has 1 aliphatic rings. The quantitative estimate of drug-likeness (QED) is 0.832. The molecule has 1 aliphatic heterocycles. The molecule has 0 saturated carbocycles. The highest BCUT2D eigenvalue weighted by molar-refractivity contribution is 5.73. The SMILES string of the molecule is CC(C)C(NCc1cccc2c1OCO2)C(=O)O. The molecule has 18 heavy (non-hydrogen) atoms. The van der Waals surface area contributed by atoms with Gasteiger partial charge in [0.1, 0.15) is 6.04 Å². The first-order valence-corrected chi connectivity index (χ1v) is 5.93. The topological polar surface area (TPSA) is 67.8 Å². The van der Waals surface area contributed by atoms with Crippen LogP contribution in [0.5, 0.6) is 11.5 Å². The average molecular weight is 251 g/mol. The molecule has 0 fully saturated rings. The summed E-state index contributed by atoms with van der Waals surface area (Å²) in [6.07, 6.45) is 0. The van der Waals surface area contributed by atoms with Crippen molar-refractivity contribution < 1.29 is 19.4 Å². The summed E-state index contributed by atoms with van der Waals surface area (Å²) in [4.78, 5) is 11.1. The van der Waals surface area contributed by atoms with E-state index >= 15 is 0 Å². The second-order valence-electron chi connectivity index (χ2n) is 4.59. The molecular formula is C13H17NO4. The summed E-state index contributed by atoms with van der Waals surface area (Å²) in [5, 5.41) is 12.1. The fourth-order valence-corrected chi connectivity index (χ4v) is 1.96. The monoisotopic (exact) mass is 251 g/mol. The van der Waals surface area contributed by atoms with Gasteiger partial charge in [0.25, 0.3) is 0 Å². The van der Waals surface area contributed by atoms with Gasteiger partial charge in [-0.2, -0.15) is 0 Å². The summed E-state index contributed by atoms with van der Waals surface area (Å²) in [6, 6.07) is 5.04.